The third-order valence-electron chi connectivity index (χ3n) is 6.11. The van der Waals surface area contributed by atoms with Gasteiger partial charge in [-0.3, -0.25) is 4.79 Å². The topological polar surface area (TPSA) is 38.3 Å². The second-order valence-corrected chi connectivity index (χ2v) is 9.25. The molecule has 0 spiro atoms. The van der Waals surface area contributed by atoms with E-state index in [1.165, 1.54) is 56.9 Å². The number of carbonyl (C=O) groups excluding carboxylic acids is 1. The summed E-state index contributed by atoms with van der Waals surface area (Å²) in [7, 11) is 0. The van der Waals surface area contributed by atoms with Crippen molar-refractivity contribution in [2.75, 3.05) is 13.1 Å². The van der Waals surface area contributed by atoms with Crippen molar-refractivity contribution in [2.24, 2.45) is 5.92 Å². The minimum absolute atomic E-state index is 0.0129. The molecule has 1 aliphatic heterocycles. The maximum Gasteiger partial charge on any atom is 0.306 e. The Balaban J connectivity index is 1.99. The molecule has 168 valence electrons. The highest BCUT2D eigenvalue weighted by atomic mass is 16.6. The van der Waals surface area contributed by atoms with E-state index in [1.54, 1.807) is 0 Å². The van der Waals surface area contributed by atoms with Crippen LogP contribution < -0.4 is 5.32 Å². The van der Waals surface area contributed by atoms with Crippen LogP contribution in [0.4, 0.5) is 0 Å². The van der Waals surface area contributed by atoms with Crippen molar-refractivity contribution in [3.8, 4) is 0 Å². The first kappa shape index (κ1) is 25.9. The van der Waals surface area contributed by atoms with Crippen LogP contribution in [0.2, 0.25) is 0 Å². The van der Waals surface area contributed by atoms with E-state index >= 15 is 0 Å². The van der Waals surface area contributed by atoms with E-state index in [9.17, 15) is 4.79 Å². The summed E-state index contributed by atoms with van der Waals surface area (Å²) in [5.74, 6) is 0.471. The molecule has 0 bridgehead atoms. The fraction of sp³-hybridized carbons (Fsp3) is 0.808. The number of nitrogens with one attached hydrogen (secondary N) is 1. The van der Waals surface area contributed by atoms with Crippen LogP contribution in [0.1, 0.15) is 111 Å². The first-order valence-electron chi connectivity index (χ1n) is 12.2. The molecule has 1 rings (SSSR count). The van der Waals surface area contributed by atoms with Gasteiger partial charge in [-0.15, -0.1) is 0 Å². The Morgan fingerprint density at radius 3 is 2.34 bits per heavy atom. The Morgan fingerprint density at radius 1 is 1.00 bits per heavy atom. The predicted octanol–water partition coefficient (Wildman–Crippen LogP) is 7.12. The Bertz CT molecular complexity index is 487. The molecule has 0 saturated carbocycles. The first-order chi connectivity index (χ1) is 14.0. The van der Waals surface area contributed by atoms with Crippen molar-refractivity contribution >= 4 is 5.97 Å². The molecule has 0 aromatic rings. The molecule has 0 radical (unpaired) electrons. The monoisotopic (exact) mass is 405 g/mol. The number of hydrogen-bond acceptors (Lipinski definition) is 3. The summed E-state index contributed by atoms with van der Waals surface area (Å²) in [5, 5.41) is 3.38. The molecular formula is C26H47NO2. The minimum atomic E-state index is -0.323. The number of esters is 1. The number of ether oxygens (including phenoxy) is 1. The van der Waals surface area contributed by atoms with Gasteiger partial charge in [-0.1, -0.05) is 69.2 Å². The molecule has 1 N–H and O–H groups in total. The lowest BCUT2D eigenvalue weighted by molar-refractivity contribution is -0.162. The van der Waals surface area contributed by atoms with Crippen molar-refractivity contribution in [3.63, 3.8) is 0 Å². The highest BCUT2D eigenvalue weighted by molar-refractivity contribution is 5.69. The Labute approximate surface area is 180 Å². The third-order valence-corrected chi connectivity index (χ3v) is 6.11. The fourth-order valence-corrected chi connectivity index (χ4v) is 4.05. The summed E-state index contributed by atoms with van der Waals surface area (Å²) in [6, 6.07) is 0. The molecular weight excluding hydrogens is 358 g/mol. The smallest absolute Gasteiger partial charge is 0.306 e. The molecule has 1 aliphatic rings. The van der Waals surface area contributed by atoms with Gasteiger partial charge < -0.3 is 10.1 Å². The molecule has 3 nitrogen and oxygen atoms in total. The normalized spacial score (nSPS) is 16.5. The van der Waals surface area contributed by atoms with Crippen molar-refractivity contribution in [1.29, 1.82) is 0 Å². The molecule has 1 fully saturated rings. The summed E-state index contributed by atoms with van der Waals surface area (Å²) < 4.78 is 5.82. The van der Waals surface area contributed by atoms with E-state index in [0.717, 1.165) is 38.8 Å². The maximum absolute atomic E-state index is 12.2. The number of carbonyl (C=O) groups is 1. The highest BCUT2D eigenvalue weighted by Crippen LogP contribution is 2.29. The summed E-state index contributed by atoms with van der Waals surface area (Å²) in [6.07, 6.45) is 21.8. The predicted molar refractivity (Wildman–Crippen MR) is 125 cm³/mol. The summed E-state index contributed by atoms with van der Waals surface area (Å²) in [5.41, 5.74) is 1.07. The van der Waals surface area contributed by atoms with E-state index < -0.39 is 0 Å². The summed E-state index contributed by atoms with van der Waals surface area (Å²) in [4.78, 5) is 12.2. The average molecular weight is 406 g/mol. The van der Waals surface area contributed by atoms with Crippen LogP contribution in [0.3, 0.4) is 0 Å². The zero-order valence-electron chi connectivity index (χ0n) is 19.7. The summed E-state index contributed by atoms with van der Waals surface area (Å²) in [6.45, 7) is 10.7. The lowest BCUT2D eigenvalue weighted by Crippen LogP contribution is -2.42. The van der Waals surface area contributed by atoms with Gasteiger partial charge in [0.05, 0.1) is 0 Å². The standard InChI is InChI=1S/C26H47NO2/c1-5-6-13-16-23(2)17-14-11-9-7-8-10-12-15-18-25(28)29-26(3,4)24-19-21-27-22-20-24/h14,16-17,24,27H,5-13,15,18-22H2,1-4H3/b17-14-,23-16+. The van der Waals surface area contributed by atoms with Gasteiger partial charge in [0.25, 0.3) is 0 Å². The molecule has 1 saturated heterocycles. The highest BCUT2D eigenvalue weighted by Gasteiger charge is 2.33. The average Bonchev–Trinajstić information content (AvgIpc) is 2.70. The Hall–Kier alpha value is -1.09. The fourth-order valence-electron chi connectivity index (χ4n) is 4.05. The van der Waals surface area contributed by atoms with Crippen molar-refractivity contribution in [1.82, 2.24) is 5.32 Å². The molecule has 0 aromatic heterocycles. The van der Waals surface area contributed by atoms with Gasteiger partial charge >= 0.3 is 5.97 Å². The second kappa shape index (κ2) is 15.7. The largest absolute Gasteiger partial charge is 0.459 e. The van der Waals surface area contributed by atoms with E-state index in [4.69, 9.17) is 4.74 Å². The van der Waals surface area contributed by atoms with Gasteiger partial charge in [0.15, 0.2) is 0 Å². The molecule has 3 heteroatoms. The molecule has 29 heavy (non-hydrogen) atoms. The maximum atomic E-state index is 12.2. The molecule has 0 aromatic carbocycles. The van der Waals surface area contributed by atoms with Crippen LogP contribution in [0.25, 0.3) is 0 Å². The van der Waals surface area contributed by atoms with Crippen LogP contribution in [0, 0.1) is 5.92 Å². The quantitative estimate of drug-likeness (QED) is 0.179. The van der Waals surface area contributed by atoms with Crippen molar-refractivity contribution in [2.45, 2.75) is 117 Å². The molecule has 0 amide bonds. The Kier molecular flexibility index (Phi) is 14.1. The van der Waals surface area contributed by atoms with Gasteiger partial charge in [-0.2, -0.15) is 0 Å². The molecule has 0 atom stereocenters. The van der Waals surface area contributed by atoms with Crippen LogP contribution >= 0.6 is 0 Å². The van der Waals surface area contributed by atoms with Gasteiger partial charge in [0, 0.05) is 12.3 Å². The minimum Gasteiger partial charge on any atom is -0.459 e. The summed E-state index contributed by atoms with van der Waals surface area (Å²) >= 11 is 0. The Morgan fingerprint density at radius 2 is 1.66 bits per heavy atom. The molecule has 1 heterocycles. The van der Waals surface area contributed by atoms with E-state index in [0.29, 0.717) is 12.3 Å². The van der Waals surface area contributed by atoms with Crippen LogP contribution in [-0.4, -0.2) is 24.7 Å². The SMILES string of the molecule is CCCC/C=C(C)/C=C\CCCCCCCCC(=O)OC(C)(C)C1CCNCC1. The van der Waals surface area contributed by atoms with Crippen LogP contribution in [0.5, 0.6) is 0 Å². The third kappa shape index (κ3) is 12.9. The van der Waals surface area contributed by atoms with Crippen LogP contribution in [-0.2, 0) is 9.53 Å². The van der Waals surface area contributed by atoms with E-state index in [1.807, 2.05) is 0 Å². The number of piperidine rings is 1. The van der Waals surface area contributed by atoms with E-state index in [2.05, 4.69) is 51.2 Å². The lowest BCUT2D eigenvalue weighted by atomic mass is 9.83. The van der Waals surface area contributed by atoms with Gasteiger partial charge in [0.1, 0.15) is 5.60 Å². The van der Waals surface area contributed by atoms with Crippen molar-refractivity contribution < 1.29 is 9.53 Å². The number of allylic oxidation sites excluding steroid dienone is 4. The number of hydrogen-bond donors (Lipinski definition) is 1. The van der Waals surface area contributed by atoms with Gasteiger partial charge in [0.2, 0.25) is 0 Å². The zero-order valence-corrected chi connectivity index (χ0v) is 19.7. The second-order valence-electron chi connectivity index (χ2n) is 9.25. The number of rotatable bonds is 15. The molecule has 0 aliphatic carbocycles. The first-order valence-corrected chi connectivity index (χ1v) is 12.2. The van der Waals surface area contributed by atoms with E-state index in [-0.39, 0.29) is 11.6 Å². The van der Waals surface area contributed by atoms with Crippen LogP contribution in [0.15, 0.2) is 23.8 Å². The zero-order chi connectivity index (χ0) is 21.4. The molecule has 0 unspecified atom stereocenters. The van der Waals surface area contributed by atoms with Gasteiger partial charge in [-0.25, -0.2) is 0 Å². The number of unbranched alkanes of at least 4 members (excludes halogenated alkanes) is 8. The lowest BCUT2D eigenvalue weighted by Gasteiger charge is -2.36. The van der Waals surface area contributed by atoms with Gasteiger partial charge in [-0.05, 0) is 72.4 Å². The van der Waals surface area contributed by atoms with Crippen molar-refractivity contribution in [3.05, 3.63) is 23.8 Å².